The molecule has 0 aliphatic rings. The minimum Gasteiger partial charge on any atom is -0.415 e. The average molecular weight is 266 g/mol. The molecule has 0 spiro atoms. The van der Waals surface area contributed by atoms with Gasteiger partial charge in [-0.1, -0.05) is 0 Å². The van der Waals surface area contributed by atoms with E-state index in [9.17, 15) is 13.6 Å². The number of nitrogens with one attached hydrogen (secondary N) is 1. The Labute approximate surface area is 106 Å². The second-order valence-corrected chi connectivity index (χ2v) is 3.31. The van der Waals surface area contributed by atoms with Crippen molar-refractivity contribution in [1.29, 1.82) is 0 Å². The normalized spacial score (nSPS) is 10.3. The summed E-state index contributed by atoms with van der Waals surface area (Å²) in [6, 6.07) is 3.19. The summed E-state index contributed by atoms with van der Waals surface area (Å²) < 4.78 is 27.8. The topological polar surface area (TPSA) is 77.0 Å². The molecule has 0 aliphatic carbocycles. The Bertz CT molecular complexity index is 548. The molecular weight excluding hydrogens is 258 g/mol. The first-order chi connectivity index (χ1) is 9.15. The Morgan fingerprint density at radius 1 is 1.21 bits per heavy atom. The highest BCUT2D eigenvalue weighted by Crippen LogP contribution is 2.10. The molecule has 0 unspecified atom stereocenters. The summed E-state index contributed by atoms with van der Waals surface area (Å²) in [5.74, 6) is -0.863. The van der Waals surface area contributed by atoms with E-state index in [0.717, 1.165) is 12.4 Å². The molecule has 2 rings (SSSR count). The molecular formula is C11H8F2N4O2. The van der Waals surface area contributed by atoms with Crippen LogP contribution < -0.4 is 10.1 Å². The molecule has 1 amide bonds. The lowest BCUT2D eigenvalue weighted by molar-refractivity contribution is -0.0531. The molecule has 0 bridgehead atoms. The summed E-state index contributed by atoms with van der Waals surface area (Å²) in [6.07, 6.45) is 5.03. The highest BCUT2D eigenvalue weighted by Gasteiger charge is 2.10. The lowest BCUT2D eigenvalue weighted by atomic mass is 10.3. The van der Waals surface area contributed by atoms with Gasteiger partial charge in [0.1, 0.15) is 5.69 Å². The number of pyridine rings is 1. The molecule has 0 saturated carbocycles. The van der Waals surface area contributed by atoms with Crippen molar-refractivity contribution in [2.45, 2.75) is 6.61 Å². The number of rotatable bonds is 4. The lowest BCUT2D eigenvalue weighted by Gasteiger charge is -2.05. The van der Waals surface area contributed by atoms with E-state index >= 15 is 0 Å². The van der Waals surface area contributed by atoms with Crippen LogP contribution in [0.1, 0.15) is 10.5 Å². The van der Waals surface area contributed by atoms with E-state index < -0.39 is 12.5 Å². The minimum atomic E-state index is -2.98. The van der Waals surface area contributed by atoms with Gasteiger partial charge in [-0.05, 0) is 12.1 Å². The van der Waals surface area contributed by atoms with Crippen LogP contribution in [0.2, 0.25) is 0 Å². The predicted molar refractivity (Wildman–Crippen MR) is 60.9 cm³/mol. The Balaban J connectivity index is 2.04. The van der Waals surface area contributed by atoms with Gasteiger partial charge in [0, 0.05) is 18.1 Å². The van der Waals surface area contributed by atoms with E-state index in [-0.39, 0.29) is 11.6 Å². The molecule has 2 heterocycles. The predicted octanol–water partition coefficient (Wildman–Crippen LogP) is 1.73. The second-order valence-electron chi connectivity index (χ2n) is 3.31. The van der Waals surface area contributed by atoms with Gasteiger partial charge in [0.15, 0.2) is 0 Å². The van der Waals surface area contributed by atoms with Gasteiger partial charge in [-0.15, -0.1) is 0 Å². The van der Waals surface area contributed by atoms with Crippen molar-refractivity contribution >= 4 is 11.6 Å². The van der Waals surface area contributed by atoms with Gasteiger partial charge >= 0.3 is 6.61 Å². The molecule has 0 aliphatic heterocycles. The number of alkyl halides is 2. The third-order valence-corrected chi connectivity index (χ3v) is 2.01. The van der Waals surface area contributed by atoms with Crippen molar-refractivity contribution < 1.29 is 18.3 Å². The van der Waals surface area contributed by atoms with Crippen molar-refractivity contribution in [2.24, 2.45) is 0 Å². The molecule has 1 N–H and O–H groups in total. The van der Waals surface area contributed by atoms with E-state index in [1.807, 2.05) is 0 Å². The molecule has 0 fully saturated rings. The zero-order chi connectivity index (χ0) is 13.7. The van der Waals surface area contributed by atoms with Gasteiger partial charge in [-0.3, -0.25) is 9.78 Å². The van der Waals surface area contributed by atoms with Gasteiger partial charge in [0.25, 0.3) is 5.91 Å². The fourth-order valence-electron chi connectivity index (χ4n) is 1.22. The standard InChI is InChI=1S/C11H8F2N4O2/c12-11(13)19-9-6-15-8(5-16-9)10(18)17-7-1-3-14-4-2-7/h1-6,11H,(H,14,17,18). The number of hydrogen-bond acceptors (Lipinski definition) is 5. The Hall–Kier alpha value is -2.64. The number of carbonyl (C=O) groups excluding carboxylic acids is 1. The molecule has 2 aromatic heterocycles. The van der Waals surface area contributed by atoms with Crippen LogP contribution in [0.4, 0.5) is 14.5 Å². The van der Waals surface area contributed by atoms with E-state index in [1.54, 1.807) is 12.1 Å². The Morgan fingerprint density at radius 3 is 2.53 bits per heavy atom. The highest BCUT2D eigenvalue weighted by atomic mass is 19.3. The largest absolute Gasteiger partial charge is 0.415 e. The zero-order valence-electron chi connectivity index (χ0n) is 9.46. The summed E-state index contributed by atoms with van der Waals surface area (Å²) in [7, 11) is 0. The smallest absolute Gasteiger partial charge is 0.388 e. The van der Waals surface area contributed by atoms with Crippen LogP contribution >= 0.6 is 0 Å². The molecule has 6 nitrogen and oxygen atoms in total. The fraction of sp³-hybridized carbons (Fsp3) is 0.0909. The number of anilines is 1. The maximum atomic E-state index is 11.9. The van der Waals surface area contributed by atoms with E-state index in [4.69, 9.17) is 0 Å². The quantitative estimate of drug-likeness (QED) is 0.911. The number of halogens is 2. The molecule has 0 aromatic carbocycles. The van der Waals surface area contributed by atoms with Gasteiger partial charge in [-0.25, -0.2) is 9.97 Å². The number of nitrogens with zero attached hydrogens (tertiary/aromatic N) is 3. The van der Waals surface area contributed by atoms with Gasteiger partial charge in [-0.2, -0.15) is 8.78 Å². The maximum Gasteiger partial charge on any atom is 0.388 e. The summed E-state index contributed by atoms with van der Waals surface area (Å²) >= 11 is 0. The molecule has 0 atom stereocenters. The van der Waals surface area contributed by atoms with Crippen LogP contribution in [0, 0.1) is 0 Å². The van der Waals surface area contributed by atoms with Crippen LogP contribution in [0.25, 0.3) is 0 Å². The SMILES string of the molecule is O=C(Nc1ccncc1)c1cnc(OC(F)F)cn1. The zero-order valence-corrected chi connectivity index (χ0v) is 9.46. The van der Waals surface area contributed by atoms with Crippen LogP contribution in [0.3, 0.4) is 0 Å². The van der Waals surface area contributed by atoms with Gasteiger partial charge in [0.2, 0.25) is 5.88 Å². The lowest BCUT2D eigenvalue weighted by Crippen LogP contribution is -2.14. The molecule has 0 radical (unpaired) electrons. The van der Waals surface area contributed by atoms with Crippen LogP contribution in [-0.4, -0.2) is 27.5 Å². The fourth-order valence-corrected chi connectivity index (χ4v) is 1.22. The number of hydrogen-bond donors (Lipinski definition) is 1. The van der Waals surface area contributed by atoms with E-state index in [0.29, 0.717) is 5.69 Å². The minimum absolute atomic E-state index is 0.0153. The first-order valence-electron chi connectivity index (χ1n) is 5.13. The molecule has 2 aromatic rings. The van der Waals surface area contributed by atoms with Crippen molar-refractivity contribution in [3.8, 4) is 5.88 Å². The summed E-state index contributed by atoms with van der Waals surface area (Å²) in [5.41, 5.74) is 0.521. The van der Waals surface area contributed by atoms with Gasteiger partial charge < -0.3 is 10.1 Å². The maximum absolute atomic E-state index is 11.9. The van der Waals surface area contributed by atoms with Crippen molar-refractivity contribution in [2.75, 3.05) is 5.32 Å². The highest BCUT2D eigenvalue weighted by molar-refractivity contribution is 6.02. The molecule has 19 heavy (non-hydrogen) atoms. The van der Waals surface area contributed by atoms with Gasteiger partial charge in [0.05, 0.1) is 12.4 Å². The number of aromatic nitrogens is 3. The number of carbonyl (C=O) groups is 1. The Kier molecular flexibility index (Phi) is 3.91. The average Bonchev–Trinajstić information content (AvgIpc) is 2.40. The number of amides is 1. The second kappa shape index (κ2) is 5.80. The third-order valence-electron chi connectivity index (χ3n) is 2.01. The van der Waals surface area contributed by atoms with E-state index in [1.165, 1.54) is 12.4 Å². The summed E-state index contributed by atoms with van der Waals surface area (Å²) in [6.45, 7) is -2.98. The van der Waals surface area contributed by atoms with Crippen LogP contribution in [-0.2, 0) is 0 Å². The first kappa shape index (κ1) is 12.8. The summed E-state index contributed by atoms with van der Waals surface area (Å²) in [5, 5.41) is 2.55. The molecule has 98 valence electrons. The van der Waals surface area contributed by atoms with Crippen molar-refractivity contribution in [3.63, 3.8) is 0 Å². The van der Waals surface area contributed by atoms with Crippen LogP contribution in [0.5, 0.6) is 5.88 Å². The van der Waals surface area contributed by atoms with Crippen molar-refractivity contribution in [1.82, 2.24) is 15.0 Å². The monoisotopic (exact) mass is 266 g/mol. The summed E-state index contributed by atoms with van der Waals surface area (Å²) in [4.78, 5) is 22.7. The van der Waals surface area contributed by atoms with E-state index in [2.05, 4.69) is 25.0 Å². The number of ether oxygens (including phenoxy) is 1. The first-order valence-corrected chi connectivity index (χ1v) is 5.13. The molecule has 0 saturated heterocycles. The van der Waals surface area contributed by atoms with Crippen LogP contribution in [0.15, 0.2) is 36.9 Å². The molecule has 8 heteroatoms. The Morgan fingerprint density at radius 2 is 1.95 bits per heavy atom. The third kappa shape index (κ3) is 3.66. The van der Waals surface area contributed by atoms with Crippen molar-refractivity contribution in [3.05, 3.63) is 42.6 Å².